The van der Waals surface area contributed by atoms with Gasteiger partial charge >= 0.3 is 0 Å². The number of hydrogen-bond donors (Lipinski definition) is 2. The van der Waals surface area contributed by atoms with Gasteiger partial charge in [-0.1, -0.05) is 36.4 Å². The van der Waals surface area contributed by atoms with Crippen molar-refractivity contribution in [3.63, 3.8) is 0 Å². The molecule has 5 heteroatoms. The first-order valence-electron chi connectivity index (χ1n) is 8.83. The van der Waals surface area contributed by atoms with Gasteiger partial charge in [0.1, 0.15) is 0 Å². The van der Waals surface area contributed by atoms with E-state index >= 15 is 0 Å². The van der Waals surface area contributed by atoms with Crippen LogP contribution < -0.4 is 15.4 Å². The number of guanidine groups is 1. The van der Waals surface area contributed by atoms with Crippen LogP contribution in [-0.4, -0.2) is 31.1 Å². The smallest absolute Gasteiger partial charge is 0.218 e. The van der Waals surface area contributed by atoms with Crippen LogP contribution in [-0.2, 0) is 12.0 Å². The van der Waals surface area contributed by atoms with Crippen molar-refractivity contribution in [3.05, 3.63) is 59.8 Å². The van der Waals surface area contributed by atoms with Gasteiger partial charge in [-0.3, -0.25) is 0 Å². The monoisotopic (exact) mass is 338 g/mol. The first-order valence-corrected chi connectivity index (χ1v) is 8.83. The molecular weight excluding hydrogens is 312 g/mol. The molecule has 2 aromatic rings. The highest BCUT2D eigenvalue weighted by molar-refractivity contribution is 5.80. The number of hydrogen-bond acceptors (Lipinski definition) is 3. The average Bonchev–Trinajstić information content (AvgIpc) is 3.46. The summed E-state index contributed by atoms with van der Waals surface area (Å²) < 4.78 is 5.30. The van der Waals surface area contributed by atoms with Crippen molar-refractivity contribution < 1.29 is 4.74 Å². The first kappa shape index (κ1) is 17.3. The molecule has 2 N–H and O–H groups in total. The molecule has 1 fully saturated rings. The van der Waals surface area contributed by atoms with Gasteiger partial charge in [0.15, 0.2) is 5.96 Å². The standard InChI is InChI=1S/C20H26N4O/c1-3-21-19(23-14-16-8-7-13-22-18(16)25-2)24-15-20(11-12-20)17-9-5-4-6-10-17/h4-10,13H,3,11-12,14-15H2,1-2H3,(H2,21,23,24). The maximum absolute atomic E-state index is 5.30. The zero-order valence-corrected chi connectivity index (χ0v) is 15.0. The Kier molecular flexibility index (Phi) is 5.53. The summed E-state index contributed by atoms with van der Waals surface area (Å²) >= 11 is 0. The third kappa shape index (κ3) is 4.29. The van der Waals surface area contributed by atoms with E-state index in [2.05, 4.69) is 52.9 Å². The maximum atomic E-state index is 5.30. The average molecular weight is 338 g/mol. The number of benzene rings is 1. The Morgan fingerprint density at radius 3 is 2.64 bits per heavy atom. The fraction of sp³-hybridized carbons (Fsp3) is 0.400. The van der Waals surface area contributed by atoms with Gasteiger partial charge < -0.3 is 15.4 Å². The second kappa shape index (κ2) is 8.01. The molecule has 0 atom stereocenters. The van der Waals surface area contributed by atoms with Crippen molar-refractivity contribution in [1.29, 1.82) is 0 Å². The van der Waals surface area contributed by atoms with Gasteiger partial charge in [-0.05, 0) is 31.4 Å². The van der Waals surface area contributed by atoms with E-state index in [0.717, 1.165) is 24.6 Å². The highest BCUT2D eigenvalue weighted by atomic mass is 16.5. The molecule has 0 unspecified atom stereocenters. The molecule has 1 aromatic carbocycles. The molecule has 0 spiro atoms. The van der Waals surface area contributed by atoms with E-state index in [1.807, 2.05) is 12.1 Å². The predicted molar refractivity (Wildman–Crippen MR) is 101 cm³/mol. The highest BCUT2D eigenvalue weighted by Crippen LogP contribution is 2.47. The lowest BCUT2D eigenvalue weighted by atomic mass is 9.96. The molecule has 1 aliphatic carbocycles. The van der Waals surface area contributed by atoms with Crippen molar-refractivity contribution in [2.24, 2.45) is 4.99 Å². The van der Waals surface area contributed by atoms with Crippen molar-refractivity contribution in [3.8, 4) is 5.88 Å². The topological polar surface area (TPSA) is 58.5 Å². The van der Waals surface area contributed by atoms with E-state index in [9.17, 15) is 0 Å². The van der Waals surface area contributed by atoms with Crippen molar-refractivity contribution in [2.45, 2.75) is 31.7 Å². The van der Waals surface area contributed by atoms with Crippen LogP contribution >= 0.6 is 0 Å². The lowest BCUT2D eigenvalue weighted by Gasteiger charge is -2.19. The molecule has 0 bridgehead atoms. The lowest BCUT2D eigenvalue weighted by molar-refractivity contribution is 0.392. The molecule has 3 rings (SSSR count). The Morgan fingerprint density at radius 1 is 1.16 bits per heavy atom. The minimum Gasteiger partial charge on any atom is -0.481 e. The van der Waals surface area contributed by atoms with Crippen LogP contribution in [0.1, 0.15) is 30.9 Å². The van der Waals surface area contributed by atoms with Gasteiger partial charge in [-0.15, -0.1) is 0 Å². The fourth-order valence-electron chi connectivity index (χ4n) is 3.00. The van der Waals surface area contributed by atoms with Crippen LogP contribution in [0.3, 0.4) is 0 Å². The third-order valence-electron chi connectivity index (χ3n) is 4.63. The summed E-state index contributed by atoms with van der Waals surface area (Å²) in [5.41, 5.74) is 2.64. The first-order chi connectivity index (χ1) is 12.3. The predicted octanol–water partition coefficient (Wildman–Crippen LogP) is 2.88. The molecule has 1 aromatic heterocycles. The van der Waals surface area contributed by atoms with E-state index in [-0.39, 0.29) is 5.41 Å². The summed E-state index contributed by atoms with van der Waals surface area (Å²) in [6.07, 6.45) is 4.17. The quantitative estimate of drug-likeness (QED) is 0.602. The highest BCUT2D eigenvalue weighted by Gasteiger charge is 2.43. The number of nitrogens with one attached hydrogen (secondary N) is 2. The van der Waals surface area contributed by atoms with E-state index in [1.165, 1.54) is 18.4 Å². The number of rotatable bonds is 7. The Balaban J connectivity index is 1.65. The summed E-state index contributed by atoms with van der Waals surface area (Å²) in [4.78, 5) is 8.91. The SMILES string of the molecule is CCNC(=NCc1cccnc1OC)NCC1(c2ccccc2)CC1. The number of pyridine rings is 1. The largest absolute Gasteiger partial charge is 0.481 e. The fourth-order valence-corrected chi connectivity index (χ4v) is 3.00. The van der Waals surface area contributed by atoms with Crippen LogP contribution in [0.4, 0.5) is 0 Å². The van der Waals surface area contributed by atoms with Crippen LogP contribution in [0, 0.1) is 0 Å². The molecule has 0 aliphatic heterocycles. The van der Waals surface area contributed by atoms with Crippen molar-refractivity contribution in [1.82, 2.24) is 15.6 Å². The van der Waals surface area contributed by atoms with Crippen molar-refractivity contribution in [2.75, 3.05) is 20.2 Å². The molecule has 0 radical (unpaired) electrons. The van der Waals surface area contributed by atoms with Gasteiger partial charge in [-0.2, -0.15) is 0 Å². The third-order valence-corrected chi connectivity index (χ3v) is 4.63. The minimum absolute atomic E-state index is 0.253. The molecule has 5 nitrogen and oxygen atoms in total. The lowest BCUT2D eigenvalue weighted by Crippen LogP contribution is -2.41. The van der Waals surface area contributed by atoms with Gasteiger partial charge in [0.05, 0.1) is 13.7 Å². The molecule has 1 aliphatic rings. The number of ether oxygens (including phenoxy) is 1. The Morgan fingerprint density at radius 2 is 1.96 bits per heavy atom. The molecular formula is C20H26N4O. The van der Waals surface area contributed by atoms with Gasteiger partial charge in [-0.25, -0.2) is 9.98 Å². The number of aromatic nitrogens is 1. The second-order valence-electron chi connectivity index (χ2n) is 6.37. The molecule has 0 amide bonds. The van der Waals surface area contributed by atoms with E-state index in [1.54, 1.807) is 13.3 Å². The molecule has 0 saturated heterocycles. The summed E-state index contributed by atoms with van der Waals surface area (Å²) in [6, 6.07) is 14.6. The number of methoxy groups -OCH3 is 1. The number of aliphatic imine (C=N–C) groups is 1. The Bertz CT molecular complexity index is 711. The van der Waals surface area contributed by atoms with Crippen LogP contribution in [0.25, 0.3) is 0 Å². The van der Waals surface area contributed by atoms with Crippen LogP contribution in [0.2, 0.25) is 0 Å². The summed E-state index contributed by atoms with van der Waals surface area (Å²) in [5, 5.41) is 6.83. The zero-order valence-electron chi connectivity index (χ0n) is 15.0. The summed E-state index contributed by atoms with van der Waals surface area (Å²) in [5.74, 6) is 1.46. The second-order valence-corrected chi connectivity index (χ2v) is 6.37. The minimum atomic E-state index is 0.253. The number of nitrogens with zero attached hydrogens (tertiary/aromatic N) is 2. The molecule has 1 heterocycles. The zero-order chi connectivity index (χ0) is 17.5. The maximum Gasteiger partial charge on any atom is 0.218 e. The van der Waals surface area contributed by atoms with Gasteiger partial charge in [0.25, 0.3) is 0 Å². The van der Waals surface area contributed by atoms with Crippen LogP contribution in [0.15, 0.2) is 53.7 Å². The van der Waals surface area contributed by atoms with Gasteiger partial charge in [0.2, 0.25) is 5.88 Å². The summed E-state index contributed by atoms with van der Waals surface area (Å²) in [7, 11) is 1.63. The van der Waals surface area contributed by atoms with Crippen LogP contribution in [0.5, 0.6) is 5.88 Å². The molecule has 132 valence electrons. The molecule has 25 heavy (non-hydrogen) atoms. The van der Waals surface area contributed by atoms with E-state index in [4.69, 9.17) is 9.73 Å². The normalized spacial score (nSPS) is 15.5. The molecule has 1 saturated carbocycles. The summed E-state index contributed by atoms with van der Waals surface area (Å²) in [6.45, 7) is 4.33. The van der Waals surface area contributed by atoms with E-state index < -0.39 is 0 Å². The van der Waals surface area contributed by atoms with Gasteiger partial charge in [0, 0.05) is 30.3 Å². The van der Waals surface area contributed by atoms with E-state index in [0.29, 0.717) is 12.4 Å². The van der Waals surface area contributed by atoms with Crippen molar-refractivity contribution >= 4 is 5.96 Å². The Hall–Kier alpha value is -2.56. The Labute approximate surface area is 149 Å².